The SMILES string of the molecule is Cc1c(C(=O)C2=C(O)C(=O)N(Cc3cccnc3)C2c2ccc([N+](=O)[O-])cc2)sc2nc3ccccc3n12. The van der Waals surface area contributed by atoms with Crippen LogP contribution in [0.5, 0.6) is 0 Å². The van der Waals surface area contributed by atoms with Gasteiger partial charge in [0, 0.05) is 36.8 Å². The van der Waals surface area contributed by atoms with Crippen LogP contribution < -0.4 is 0 Å². The molecule has 5 aromatic rings. The minimum atomic E-state index is -0.957. The van der Waals surface area contributed by atoms with Gasteiger partial charge in [0.05, 0.1) is 32.4 Å². The third-order valence-corrected chi connectivity index (χ3v) is 7.78. The van der Waals surface area contributed by atoms with Crippen molar-refractivity contribution in [2.75, 3.05) is 0 Å². The van der Waals surface area contributed by atoms with Crippen LogP contribution >= 0.6 is 11.3 Å². The highest BCUT2D eigenvalue weighted by atomic mass is 32.1. The Morgan fingerprint density at radius 2 is 1.89 bits per heavy atom. The molecule has 4 heterocycles. The highest BCUT2D eigenvalue weighted by molar-refractivity contribution is 7.19. The van der Waals surface area contributed by atoms with Crippen molar-refractivity contribution in [1.82, 2.24) is 19.3 Å². The zero-order chi connectivity index (χ0) is 26.6. The summed E-state index contributed by atoms with van der Waals surface area (Å²) in [5, 5.41) is 22.2. The number of para-hydroxylation sites is 2. The summed E-state index contributed by atoms with van der Waals surface area (Å²) in [6.45, 7) is 1.88. The van der Waals surface area contributed by atoms with Gasteiger partial charge in [-0.15, -0.1) is 0 Å². The Bertz CT molecular complexity index is 1790. The van der Waals surface area contributed by atoms with Crippen LogP contribution in [0.3, 0.4) is 0 Å². The molecule has 11 heteroatoms. The van der Waals surface area contributed by atoms with Crippen LogP contribution in [0.4, 0.5) is 5.69 Å². The van der Waals surface area contributed by atoms with E-state index in [0.717, 1.165) is 11.0 Å². The van der Waals surface area contributed by atoms with Crippen LogP contribution in [-0.2, 0) is 11.3 Å². The number of aliphatic hydroxyl groups is 1. The Labute approximate surface area is 219 Å². The van der Waals surface area contributed by atoms with Gasteiger partial charge < -0.3 is 10.0 Å². The lowest BCUT2D eigenvalue weighted by atomic mass is 9.94. The van der Waals surface area contributed by atoms with E-state index in [1.807, 2.05) is 28.7 Å². The molecular weight excluding hydrogens is 506 g/mol. The van der Waals surface area contributed by atoms with E-state index in [9.17, 15) is 24.8 Å². The van der Waals surface area contributed by atoms with Crippen LogP contribution in [0.1, 0.15) is 32.5 Å². The topological polar surface area (TPSA) is 131 Å². The number of carbonyl (C=O) groups excluding carboxylic acids is 2. The molecule has 3 aromatic heterocycles. The number of pyridine rings is 1. The van der Waals surface area contributed by atoms with Crippen LogP contribution in [-0.4, -0.2) is 41.0 Å². The summed E-state index contributed by atoms with van der Waals surface area (Å²) in [7, 11) is 0. The lowest BCUT2D eigenvalue weighted by Gasteiger charge is -2.26. The first-order valence-electron chi connectivity index (χ1n) is 11.6. The van der Waals surface area contributed by atoms with E-state index in [2.05, 4.69) is 9.97 Å². The first-order valence-corrected chi connectivity index (χ1v) is 12.5. The van der Waals surface area contributed by atoms with Crippen LogP contribution in [0.2, 0.25) is 0 Å². The Morgan fingerprint density at radius 3 is 2.61 bits per heavy atom. The molecule has 38 heavy (non-hydrogen) atoms. The van der Waals surface area contributed by atoms with E-state index in [0.29, 0.717) is 26.7 Å². The van der Waals surface area contributed by atoms with Crippen molar-refractivity contribution in [3.8, 4) is 0 Å². The summed E-state index contributed by atoms with van der Waals surface area (Å²) in [6, 6.07) is 15.8. The third-order valence-electron chi connectivity index (χ3n) is 6.64. The number of ketones is 1. The first-order chi connectivity index (χ1) is 18.3. The first kappa shape index (κ1) is 23.5. The largest absolute Gasteiger partial charge is 0.503 e. The monoisotopic (exact) mass is 525 g/mol. The van der Waals surface area contributed by atoms with Crippen molar-refractivity contribution in [2.45, 2.75) is 19.5 Å². The maximum absolute atomic E-state index is 14.0. The number of hydrogen-bond donors (Lipinski definition) is 1. The molecule has 6 rings (SSSR count). The number of nitro benzene ring substituents is 1. The molecule has 1 aliphatic heterocycles. The average molecular weight is 526 g/mol. The maximum atomic E-state index is 14.0. The molecule has 2 aromatic carbocycles. The van der Waals surface area contributed by atoms with Crippen LogP contribution in [0.25, 0.3) is 16.0 Å². The van der Waals surface area contributed by atoms with Gasteiger partial charge in [0.1, 0.15) is 0 Å². The van der Waals surface area contributed by atoms with E-state index >= 15 is 0 Å². The van der Waals surface area contributed by atoms with Gasteiger partial charge in [-0.1, -0.05) is 29.5 Å². The van der Waals surface area contributed by atoms with Gasteiger partial charge in [-0.05, 0) is 48.4 Å². The van der Waals surface area contributed by atoms with E-state index < -0.39 is 28.4 Å². The number of rotatable bonds is 6. The summed E-state index contributed by atoms with van der Waals surface area (Å²) in [4.78, 5) is 49.1. The second-order valence-electron chi connectivity index (χ2n) is 8.87. The average Bonchev–Trinajstić information content (AvgIpc) is 3.54. The number of fused-ring (bicyclic) bond motifs is 3. The maximum Gasteiger partial charge on any atom is 0.290 e. The molecule has 1 unspecified atom stereocenters. The van der Waals surface area contributed by atoms with Crippen molar-refractivity contribution < 1.29 is 19.6 Å². The lowest BCUT2D eigenvalue weighted by molar-refractivity contribution is -0.384. The zero-order valence-electron chi connectivity index (χ0n) is 19.9. The number of nitrogens with zero attached hydrogens (tertiary/aromatic N) is 5. The normalized spacial score (nSPS) is 15.7. The highest BCUT2D eigenvalue weighted by Crippen LogP contribution is 2.42. The van der Waals surface area contributed by atoms with Crippen molar-refractivity contribution in [1.29, 1.82) is 0 Å². The van der Waals surface area contributed by atoms with Crippen molar-refractivity contribution in [2.24, 2.45) is 0 Å². The molecule has 1 aliphatic rings. The second kappa shape index (κ2) is 8.89. The zero-order valence-corrected chi connectivity index (χ0v) is 20.8. The molecule has 0 fully saturated rings. The molecule has 0 radical (unpaired) electrons. The molecule has 0 saturated heterocycles. The smallest absolute Gasteiger partial charge is 0.290 e. The Hall–Kier alpha value is -4.90. The minimum Gasteiger partial charge on any atom is -0.503 e. The van der Waals surface area contributed by atoms with Crippen LogP contribution in [0.15, 0.2) is 84.4 Å². The molecule has 1 amide bonds. The van der Waals surface area contributed by atoms with Crippen molar-refractivity contribution in [3.05, 3.63) is 116 Å². The van der Waals surface area contributed by atoms with E-state index in [1.54, 1.807) is 31.5 Å². The van der Waals surface area contributed by atoms with Crippen molar-refractivity contribution >= 4 is 44.7 Å². The fraction of sp³-hybridized carbons (Fsp3) is 0.111. The predicted octanol–water partition coefficient (Wildman–Crippen LogP) is 4.94. The number of carbonyl (C=O) groups is 2. The molecule has 188 valence electrons. The number of hydrogen-bond acceptors (Lipinski definition) is 8. The molecule has 0 aliphatic carbocycles. The Kier molecular flexibility index (Phi) is 5.50. The van der Waals surface area contributed by atoms with Gasteiger partial charge in [0.15, 0.2) is 10.7 Å². The number of aromatic nitrogens is 3. The number of imidazole rings is 1. The van der Waals surface area contributed by atoms with E-state index in [1.165, 1.54) is 40.5 Å². The number of amides is 1. The molecule has 1 N–H and O–H groups in total. The summed E-state index contributed by atoms with van der Waals surface area (Å²) in [5.41, 5.74) is 3.25. The number of benzene rings is 2. The van der Waals surface area contributed by atoms with Gasteiger partial charge in [-0.3, -0.25) is 29.1 Å². The summed E-state index contributed by atoms with van der Waals surface area (Å²) in [5.74, 6) is -1.84. The number of aliphatic hydroxyl groups excluding tert-OH is 1. The van der Waals surface area contributed by atoms with Crippen molar-refractivity contribution in [3.63, 3.8) is 0 Å². The molecule has 1 atom stereocenters. The molecule has 0 saturated carbocycles. The van der Waals surface area contributed by atoms with Gasteiger partial charge in [-0.2, -0.15) is 0 Å². The quantitative estimate of drug-likeness (QED) is 0.189. The number of nitro groups is 1. The molecular formula is C27H19N5O5S. The fourth-order valence-electron chi connectivity index (χ4n) is 4.86. The number of non-ortho nitro benzene ring substituents is 1. The summed E-state index contributed by atoms with van der Waals surface area (Å²) < 4.78 is 1.88. The molecule has 10 nitrogen and oxygen atoms in total. The highest BCUT2D eigenvalue weighted by Gasteiger charge is 2.44. The predicted molar refractivity (Wildman–Crippen MR) is 140 cm³/mol. The Balaban J connectivity index is 1.47. The minimum absolute atomic E-state index is 0.0759. The number of Topliss-reactive ketones (excluding diaryl/α,β-unsaturated/α-hetero) is 1. The van der Waals surface area contributed by atoms with Gasteiger partial charge >= 0.3 is 0 Å². The Morgan fingerprint density at radius 1 is 1.13 bits per heavy atom. The van der Waals surface area contributed by atoms with E-state index in [-0.39, 0.29) is 17.8 Å². The lowest BCUT2D eigenvalue weighted by Crippen LogP contribution is -2.30. The van der Waals surface area contributed by atoms with Crippen LogP contribution in [0, 0.1) is 17.0 Å². The van der Waals surface area contributed by atoms with Gasteiger partial charge in [-0.25, -0.2) is 4.98 Å². The summed E-state index contributed by atoms with van der Waals surface area (Å²) >= 11 is 1.18. The molecule has 0 bridgehead atoms. The van der Waals surface area contributed by atoms with Gasteiger partial charge in [0.25, 0.3) is 11.6 Å². The summed E-state index contributed by atoms with van der Waals surface area (Å²) in [6.07, 6.45) is 3.20. The number of thiazole rings is 1. The molecule has 0 spiro atoms. The standard InChI is InChI=1S/C27H19N5O5S/c1-15-25(38-27-29-19-6-2-3-7-20(19)31(15)27)23(33)21-22(17-8-10-18(11-9-17)32(36)37)30(26(35)24(21)34)14-16-5-4-12-28-13-16/h2-13,22,34H,14H2,1H3. The second-order valence-corrected chi connectivity index (χ2v) is 9.85. The van der Waals surface area contributed by atoms with E-state index in [4.69, 9.17) is 0 Å². The number of aryl methyl sites for hydroxylation is 1. The van der Waals surface area contributed by atoms with Gasteiger partial charge in [0.2, 0.25) is 5.78 Å². The fourth-order valence-corrected chi connectivity index (χ4v) is 5.95. The third kappa shape index (κ3) is 3.63.